The maximum Gasteiger partial charge on any atom is 0.250 e. The first-order valence-corrected chi connectivity index (χ1v) is 8.53. The summed E-state index contributed by atoms with van der Waals surface area (Å²) in [6.45, 7) is 4.58. The van der Waals surface area contributed by atoms with Crippen LogP contribution in [-0.2, 0) is 16.6 Å². The Morgan fingerprint density at radius 3 is 2.45 bits per heavy atom. The monoisotopic (exact) mass is 321 g/mol. The second-order valence-corrected chi connectivity index (χ2v) is 6.68. The first-order chi connectivity index (χ1) is 10.5. The summed E-state index contributed by atoms with van der Waals surface area (Å²) < 4.78 is 27.7. The second kappa shape index (κ2) is 6.85. The van der Waals surface area contributed by atoms with E-state index in [9.17, 15) is 13.2 Å². The molecule has 7 heteroatoms. The number of sulfonamides is 1. The van der Waals surface area contributed by atoms with Gasteiger partial charge in [-0.3, -0.25) is 9.78 Å². The fourth-order valence-corrected chi connectivity index (χ4v) is 3.64. The first kappa shape index (κ1) is 16.4. The predicted octanol–water partition coefficient (Wildman–Crippen LogP) is 1.32. The van der Waals surface area contributed by atoms with Crippen LogP contribution in [0.4, 0.5) is 0 Å². The highest BCUT2D eigenvalue weighted by Crippen LogP contribution is 2.13. The van der Waals surface area contributed by atoms with Crippen LogP contribution in [0, 0.1) is 0 Å². The molecule has 2 aromatic heterocycles. The number of hydrogen-bond acceptors (Lipinski definition) is 4. The van der Waals surface area contributed by atoms with Crippen LogP contribution in [0.2, 0.25) is 0 Å². The van der Waals surface area contributed by atoms with Gasteiger partial charge < -0.3 is 4.57 Å². The summed E-state index contributed by atoms with van der Waals surface area (Å²) >= 11 is 0. The third-order valence-electron chi connectivity index (χ3n) is 3.36. The van der Waals surface area contributed by atoms with Gasteiger partial charge >= 0.3 is 0 Å². The molecule has 2 rings (SSSR count). The molecule has 0 atom stereocenters. The van der Waals surface area contributed by atoms with Gasteiger partial charge in [0.05, 0.1) is 17.1 Å². The Hall–Kier alpha value is -1.99. The lowest BCUT2D eigenvalue weighted by molar-refractivity contribution is 0.444. The molecular weight excluding hydrogens is 302 g/mol. The smallest absolute Gasteiger partial charge is 0.250 e. The molecule has 0 aliphatic carbocycles. The van der Waals surface area contributed by atoms with E-state index in [0.29, 0.717) is 18.8 Å². The third-order valence-corrected chi connectivity index (χ3v) is 5.39. The molecule has 0 aliphatic rings. The van der Waals surface area contributed by atoms with E-state index in [1.54, 1.807) is 32.2 Å². The fourth-order valence-electron chi connectivity index (χ4n) is 2.16. The van der Waals surface area contributed by atoms with Gasteiger partial charge in [0, 0.05) is 31.5 Å². The van der Waals surface area contributed by atoms with Crippen molar-refractivity contribution in [1.82, 2.24) is 13.9 Å². The van der Waals surface area contributed by atoms with Crippen molar-refractivity contribution in [3.8, 4) is 0 Å². The quantitative estimate of drug-likeness (QED) is 0.804. The van der Waals surface area contributed by atoms with Crippen LogP contribution in [0.25, 0.3) is 0 Å². The molecule has 0 radical (unpaired) electrons. The molecule has 0 N–H and O–H groups in total. The Morgan fingerprint density at radius 2 is 1.86 bits per heavy atom. The van der Waals surface area contributed by atoms with Crippen molar-refractivity contribution >= 4 is 10.0 Å². The average Bonchev–Trinajstić information content (AvgIpc) is 2.51. The van der Waals surface area contributed by atoms with Gasteiger partial charge in [-0.25, -0.2) is 8.42 Å². The molecule has 0 bridgehead atoms. The Balaban J connectivity index is 2.41. The van der Waals surface area contributed by atoms with Crippen LogP contribution in [0.3, 0.4) is 0 Å². The molecule has 118 valence electrons. The average molecular weight is 321 g/mol. The highest BCUT2D eigenvalue weighted by Gasteiger charge is 2.22. The lowest BCUT2D eigenvalue weighted by atomic mass is 10.3. The molecule has 0 aromatic carbocycles. The molecule has 2 aromatic rings. The number of nitrogens with zero attached hydrogens (tertiary/aromatic N) is 3. The Bertz CT molecular complexity index is 781. The number of aromatic nitrogens is 2. The molecular formula is C15H19N3O3S. The Labute approximate surface area is 130 Å². The van der Waals surface area contributed by atoms with Crippen molar-refractivity contribution in [1.29, 1.82) is 0 Å². The van der Waals surface area contributed by atoms with Crippen LogP contribution in [0.5, 0.6) is 0 Å². The molecule has 0 spiro atoms. The summed E-state index contributed by atoms with van der Waals surface area (Å²) in [4.78, 5) is 16.2. The Morgan fingerprint density at radius 1 is 1.14 bits per heavy atom. The van der Waals surface area contributed by atoms with E-state index >= 15 is 0 Å². The van der Waals surface area contributed by atoms with E-state index in [-0.39, 0.29) is 17.0 Å². The molecule has 6 nitrogen and oxygen atoms in total. The van der Waals surface area contributed by atoms with Crippen LogP contribution in [0.1, 0.15) is 19.5 Å². The van der Waals surface area contributed by atoms with Crippen LogP contribution < -0.4 is 5.56 Å². The van der Waals surface area contributed by atoms with E-state index in [4.69, 9.17) is 0 Å². The molecule has 0 amide bonds. The van der Waals surface area contributed by atoms with Gasteiger partial charge in [-0.15, -0.1) is 0 Å². The van der Waals surface area contributed by atoms with Crippen molar-refractivity contribution in [2.75, 3.05) is 13.1 Å². The van der Waals surface area contributed by atoms with Gasteiger partial charge in [-0.2, -0.15) is 4.31 Å². The van der Waals surface area contributed by atoms with Gasteiger partial charge in [0.25, 0.3) is 5.56 Å². The summed E-state index contributed by atoms with van der Waals surface area (Å²) in [6, 6.07) is 8.03. The topological polar surface area (TPSA) is 72.3 Å². The minimum Gasteiger partial charge on any atom is -0.308 e. The summed E-state index contributed by atoms with van der Waals surface area (Å²) in [6.07, 6.45) is 3.02. The van der Waals surface area contributed by atoms with Gasteiger partial charge in [0.15, 0.2) is 0 Å². The zero-order chi connectivity index (χ0) is 16.2. The largest absolute Gasteiger partial charge is 0.308 e. The van der Waals surface area contributed by atoms with Crippen molar-refractivity contribution in [2.45, 2.75) is 25.3 Å². The van der Waals surface area contributed by atoms with E-state index in [0.717, 1.165) is 0 Å². The van der Waals surface area contributed by atoms with E-state index < -0.39 is 10.0 Å². The van der Waals surface area contributed by atoms with Gasteiger partial charge in [-0.05, 0) is 18.2 Å². The molecule has 2 heterocycles. The van der Waals surface area contributed by atoms with Crippen molar-refractivity contribution in [3.63, 3.8) is 0 Å². The summed E-state index contributed by atoms with van der Waals surface area (Å²) in [5.74, 6) is 0. The van der Waals surface area contributed by atoms with Crippen LogP contribution in [0.15, 0.2) is 52.4 Å². The van der Waals surface area contributed by atoms with Crippen LogP contribution >= 0.6 is 0 Å². The first-order valence-electron chi connectivity index (χ1n) is 7.09. The van der Waals surface area contributed by atoms with Crippen molar-refractivity contribution < 1.29 is 8.42 Å². The second-order valence-electron chi connectivity index (χ2n) is 4.74. The summed E-state index contributed by atoms with van der Waals surface area (Å²) in [5.41, 5.74) is 0.436. The number of rotatable bonds is 6. The summed E-state index contributed by atoms with van der Waals surface area (Å²) in [5, 5.41) is 0. The van der Waals surface area contributed by atoms with E-state index in [2.05, 4.69) is 4.98 Å². The highest BCUT2D eigenvalue weighted by molar-refractivity contribution is 7.89. The summed E-state index contributed by atoms with van der Waals surface area (Å²) in [7, 11) is -3.58. The maximum absolute atomic E-state index is 12.5. The Kier molecular flexibility index (Phi) is 5.10. The fraction of sp³-hybridized carbons (Fsp3) is 0.333. The molecule has 0 aliphatic heterocycles. The lowest BCUT2D eigenvalue weighted by Crippen LogP contribution is -2.32. The molecule has 0 saturated carbocycles. The molecule has 0 saturated heterocycles. The lowest BCUT2D eigenvalue weighted by Gasteiger charge is -2.19. The molecule has 0 unspecified atom stereocenters. The van der Waals surface area contributed by atoms with E-state index in [1.165, 1.54) is 27.2 Å². The SMILES string of the molecule is CCN(CC)S(=O)(=O)c1ccc(=O)n(Cc2ccccn2)c1. The molecule has 0 fully saturated rings. The zero-order valence-corrected chi connectivity index (χ0v) is 13.5. The maximum atomic E-state index is 12.5. The van der Waals surface area contributed by atoms with Crippen molar-refractivity contribution in [2.24, 2.45) is 0 Å². The van der Waals surface area contributed by atoms with Gasteiger partial charge in [0.1, 0.15) is 0 Å². The standard InChI is InChI=1S/C15H19N3O3S/c1-3-18(4-2)22(20,21)14-8-9-15(19)17(12-14)11-13-7-5-6-10-16-13/h5-10,12H,3-4,11H2,1-2H3. The normalized spacial score (nSPS) is 11.8. The number of pyridine rings is 2. The van der Waals surface area contributed by atoms with Gasteiger partial charge in [0.2, 0.25) is 10.0 Å². The third kappa shape index (κ3) is 3.42. The zero-order valence-electron chi connectivity index (χ0n) is 12.6. The van der Waals surface area contributed by atoms with E-state index in [1.807, 2.05) is 6.07 Å². The predicted molar refractivity (Wildman–Crippen MR) is 84.1 cm³/mol. The molecule has 22 heavy (non-hydrogen) atoms. The minimum atomic E-state index is -3.58. The van der Waals surface area contributed by atoms with Gasteiger partial charge in [-0.1, -0.05) is 19.9 Å². The number of hydrogen-bond donors (Lipinski definition) is 0. The van der Waals surface area contributed by atoms with Crippen LogP contribution in [-0.4, -0.2) is 35.4 Å². The van der Waals surface area contributed by atoms with Crippen molar-refractivity contribution in [3.05, 3.63) is 58.8 Å². The highest BCUT2D eigenvalue weighted by atomic mass is 32.2. The minimum absolute atomic E-state index is 0.117.